The maximum atomic E-state index is 9.50. The second-order valence-electron chi connectivity index (χ2n) is 2.91. The lowest BCUT2D eigenvalue weighted by atomic mass is 10.2. The molecule has 0 aromatic heterocycles. The van der Waals surface area contributed by atoms with Crippen LogP contribution in [0.2, 0.25) is 0 Å². The molecule has 3 unspecified atom stereocenters. The summed E-state index contributed by atoms with van der Waals surface area (Å²) in [6.07, 6.45) is 2.90. The first-order valence-electron chi connectivity index (χ1n) is 5.50. The van der Waals surface area contributed by atoms with Crippen molar-refractivity contribution >= 4 is 0 Å². The highest BCUT2D eigenvalue weighted by atomic mass is 19.1. The van der Waals surface area contributed by atoms with E-state index in [1.165, 1.54) is 12.8 Å². The summed E-state index contributed by atoms with van der Waals surface area (Å²) in [6, 6.07) is 1.76. The van der Waals surface area contributed by atoms with Gasteiger partial charge in [0.2, 0.25) is 0 Å². The van der Waals surface area contributed by atoms with Gasteiger partial charge in [-0.2, -0.15) is 0 Å². The monoisotopic (exact) mass is 191 g/mol. The van der Waals surface area contributed by atoms with Gasteiger partial charge in [-0.15, -0.1) is 0 Å². The van der Waals surface area contributed by atoms with Gasteiger partial charge in [0.25, 0.3) is 0 Å². The molecular formula is C11H26FN. The molecule has 3 atom stereocenters. The number of nitrogens with one attached hydrogen (secondary N) is 1. The summed E-state index contributed by atoms with van der Waals surface area (Å²) < 4.78 is 9.50. The molecule has 0 aromatic rings. The Morgan fingerprint density at radius 1 is 1.00 bits per heavy atom. The average Bonchev–Trinajstić information content (AvgIpc) is 2.84. The molecule has 2 aliphatic rings. The molecule has 2 fully saturated rings. The number of rotatable bonds is 0. The highest BCUT2D eigenvalue weighted by Crippen LogP contribution is 2.40. The van der Waals surface area contributed by atoms with Crippen LogP contribution in [0, 0.1) is 5.92 Å². The minimum Gasteiger partial charge on any atom is -0.311 e. The van der Waals surface area contributed by atoms with Crippen molar-refractivity contribution in [3.8, 4) is 0 Å². The second kappa shape index (κ2) is 9.97. The summed E-state index contributed by atoms with van der Waals surface area (Å²) in [6.45, 7) is 10.3. The lowest BCUT2D eigenvalue weighted by Gasteiger charge is -2.01. The fourth-order valence-electron chi connectivity index (χ4n) is 1.60. The predicted molar refractivity (Wildman–Crippen MR) is 58.8 cm³/mol. The van der Waals surface area contributed by atoms with Crippen molar-refractivity contribution in [3.05, 3.63) is 0 Å². The summed E-state index contributed by atoms with van der Waals surface area (Å²) in [5.41, 5.74) is 0. The summed E-state index contributed by atoms with van der Waals surface area (Å²) in [4.78, 5) is 0. The molecule has 0 radical (unpaired) electrons. The fourth-order valence-corrected chi connectivity index (χ4v) is 1.60. The highest BCUT2D eigenvalue weighted by molar-refractivity contribution is 5.01. The first kappa shape index (κ1) is 15.4. The minimum absolute atomic E-state index is 0.500. The van der Waals surface area contributed by atoms with Crippen LogP contribution in [0.25, 0.3) is 0 Å². The van der Waals surface area contributed by atoms with Crippen LogP contribution < -0.4 is 5.32 Å². The van der Waals surface area contributed by atoms with Crippen LogP contribution in [0.4, 0.5) is 4.39 Å². The molecule has 1 N–H and O–H groups in total. The lowest BCUT2D eigenvalue weighted by molar-refractivity contribution is 0.584. The Labute approximate surface area is 83.1 Å². The molecule has 1 aliphatic carbocycles. The molecule has 2 rings (SSSR count). The quantitative estimate of drug-likeness (QED) is 0.619. The van der Waals surface area contributed by atoms with Gasteiger partial charge in [0.1, 0.15) is 0 Å². The summed E-state index contributed by atoms with van der Waals surface area (Å²) in [7, 11) is 0.500. The number of hydrogen-bond acceptors (Lipinski definition) is 1. The standard InChI is InChI=1S/C6H11N.2C2H6.CH3F/c1-4-2-5-3-6(5)7-4;3*1-2/h4-7H,2-3H2,1H3;2*1-2H3;1H3. The Kier molecular flexibility index (Phi) is 11.8. The smallest absolute Gasteiger partial charge is 0.0785 e. The number of halogens is 1. The van der Waals surface area contributed by atoms with Gasteiger partial charge >= 0.3 is 0 Å². The Bertz CT molecular complexity index is 86.1. The van der Waals surface area contributed by atoms with E-state index in [1.807, 2.05) is 27.7 Å². The number of fused-ring (bicyclic) bond motifs is 1. The molecule has 0 amide bonds. The Hall–Kier alpha value is -0.110. The molecule has 82 valence electrons. The molecule has 13 heavy (non-hydrogen) atoms. The van der Waals surface area contributed by atoms with E-state index in [-0.39, 0.29) is 0 Å². The largest absolute Gasteiger partial charge is 0.311 e. The molecule has 1 saturated heterocycles. The van der Waals surface area contributed by atoms with Gasteiger partial charge in [0.15, 0.2) is 0 Å². The third-order valence-corrected chi connectivity index (χ3v) is 2.08. The van der Waals surface area contributed by atoms with Crippen molar-refractivity contribution in [1.29, 1.82) is 0 Å². The van der Waals surface area contributed by atoms with Crippen LogP contribution in [0.3, 0.4) is 0 Å². The van der Waals surface area contributed by atoms with Crippen molar-refractivity contribution < 1.29 is 4.39 Å². The van der Waals surface area contributed by atoms with Crippen molar-refractivity contribution in [2.45, 2.75) is 59.5 Å². The molecular weight excluding hydrogens is 165 g/mol. The Morgan fingerprint density at radius 3 is 1.62 bits per heavy atom. The fraction of sp³-hybridized carbons (Fsp3) is 1.00. The zero-order valence-corrected chi connectivity index (χ0v) is 10.0. The van der Waals surface area contributed by atoms with E-state index >= 15 is 0 Å². The summed E-state index contributed by atoms with van der Waals surface area (Å²) >= 11 is 0. The zero-order valence-electron chi connectivity index (χ0n) is 10.0. The number of piperidine rings is 1. The minimum atomic E-state index is 0.500. The van der Waals surface area contributed by atoms with Crippen LogP contribution in [0.1, 0.15) is 47.5 Å². The van der Waals surface area contributed by atoms with Crippen LogP contribution in [0.5, 0.6) is 0 Å². The van der Waals surface area contributed by atoms with Crippen LogP contribution in [-0.4, -0.2) is 19.3 Å². The van der Waals surface area contributed by atoms with Crippen molar-refractivity contribution in [3.63, 3.8) is 0 Å². The van der Waals surface area contributed by atoms with Gasteiger partial charge in [-0.25, -0.2) is 0 Å². The van der Waals surface area contributed by atoms with Gasteiger partial charge in [-0.05, 0) is 25.7 Å². The summed E-state index contributed by atoms with van der Waals surface area (Å²) in [5, 5.41) is 3.49. The van der Waals surface area contributed by atoms with E-state index in [9.17, 15) is 4.39 Å². The molecule has 0 bridgehead atoms. The second-order valence-corrected chi connectivity index (χ2v) is 2.91. The van der Waals surface area contributed by atoms with Crippen molar-refractivity contribution in [2.24, 2.45) is 5.92 Å². The molecule has 0 aromatic carbocycles. The topological polar surface area (TPSA) is 12.0 Å². The predicted octanol–water partition coefficient (Wildman–Crippen LogP) is 3.39. The Morgan fingerprint density at radius 2 is 1.46 bits per heavy atom. The molecule has 1 nitrogen and oxygen atoms in total. The maximum Gasteiger partial charge on any atom is 0.0785 e. The highest BCUT2D eigenvalue weighted by Gasteiger charge is 2.43. The molecule has 1 aliphatic heterocycles. The van der Waals surface area contributed by atoms with Gasteiger partial charge in [-0.3, -0.25) is 4.39 Å². The van der Waals surface area contributed by atoms with Gasteiger partial charge < -0.3 is 5.32 Å². The Balaban J connectivity index is 0. The van der Waals surface area contributed by atoms with Gasteiger partial charge in [0, 0.05) is 12.1 Å². The first-order valence-corrected chi connectivity index (χ1v) is 5.50. The number of hydrogen-bond donors (Lipinski definition) is 1. The normalized spacial score (nSPS) is 32.1. The SMILES string of the molecule is CC.CC.CC1CC2CC2N1.CF. The maximum absolute atomic E-state index is 9.50. The van der Waals surface area contributed by atoms with Gasteiger partial charge in [0.05, 0.1) is 7.18 Å². The van der Waals surface area contributed by atoms with Crippen LogP contribution >= 0.6 is 0 Å². The molecule has 2 heteroatoms. The van der Waals surface area contributed by atoms with Crippen molar-refractivity contribution in [1.82, 2.24) is 5.32 Å². The van der Waals surface area contributed by atoms with Crippen molar-refractivity contribution in [2.75, 3.05) is 7.18 Å². The van der Waals surface area contributed by atoms with E-state index in [4.69, 9.17) is 0 Å². The van der Waals surface area contributed by atoms with Crippen LogP contribution in [-0.2, 0) is 0 Å². The van der Waals surface area contributed by atoms with Crippen LogP contribution in [0.15, 0.2) is 0 Å². The third-order valence-electron chi connectivity index (χ3n) is 2.08. The van der Waals surface area contributed by atoms with E-state index in [2.05, 4.69) is 12.2 Å². The first-order chi connectivity index (χ1) is 6.36. The zero-order chi connectivity index (χ0) is 10.9. The van der Waals surface area contributed by atoms with E-state index < -0.39 is 0 Å². The molecule has 0 spiro atoms. The average molecular weight is 191 g/mol. The molecule has 1 saturated carbocycles. The van der Waals surface area contributed by atoms with E-state index in [0.29, 0.717) is 7.18 Å². The van der Waals surface area contributed by atoms with E-state index in [1.54, 1.807) is 0 Å². The van der Waals surface area contributed by atoms with E-state index in [0.717, 1.165) is 18.0 Å². The number of alkyl halides is 1. The molecule has 1 heterocycles. The van der Waals surface area contributed by atoms with Gasteiger partial charge in [-0.1, -0.05) is 27.7 Å². The third kappa shape index (κ3) is 6.03. The lowest BCUT2D eigenvalue weighted by Crippen LogP contribution is -2.21. The summed E-state index contributed by atoms with van der Waals surface area (Å²) in [5.74, 6) is 1.08.